The minimum atomic E-state index is -0.775. The van der Waals surface area contributed by atoms with Crippen molar-refractivity contribution in [3.63, 3.8) is 0 Å². The fourth-order valence-corrected chi connectivity index (χ4v) is 2.28. The number of hydrogen-bond acceptors (Lipinski definition) is 3. The smallest absolute Gasteiger partial charge is 0.305 e. The number of rotatable bonds is 8. The van der Waals surface area contributed by atoms with E-state index in [0.29, 0.717) is 18.2 Å². The number of carbonyl (C=O) groups is 1. The summed E-state index contributed by atoms with van der Waals surface area (Å²) in [5.74, 6) is -0.249. The first-order valence-electron chi connectivity index (χ1n) is 6.85. The van der Waals surface area contributed by atoms with E-state index >= 15 is 0 Å². The molecule has 1 rings (SSSR count). The summed E-state index contributed by atoms with van der Waals surface area (Å²) in [5, 5.41) is 8.86. The van der Waals surface area contributed by atoms with E-state index in [4.69, 9.17) is 10.8 Å². The molecule has 0 heterocycles. The lowest BCUT2D eigenvalue weighted by Gasteiger charge is -2.28. The molecule has 0 aliphatic rings. The van der Waals surface area contributed by atoms with E-state index < -0.39 is 5.97 Å². The van der Waals surface area contributed by atoms with Gasteiger partial charge in [0.15, 0.2) is 0 Å². The molecule has 0 bridgehead atoms. The quantitative estimate of drug-likeness (QED) is 0.708. The molecule has 1 atom stereocenters. The highest BCUT2D eigenvalue weighted by Crippen LogP contribution is 2.24. The van der Waals surface area contributed by atoms with Crippen molar-refractivity contribution in [1.82, 2.24) is 0 Å². The molecule has 0 aliphatic heterocycles. The lowest BCUT2D eigenvalue weighted by Crippen LogP contribution is -2.31. The van der Waals surface area contributed by atoms with Crippen LogP contribution in [-0.4, -0.2) is 24.2 Å². The van der Waals surface area contributed by atoms with Crippen LogP contribution in [0.25, 0.3) is 0 Å². The molecule has 0 saturated heterocycles. The van der Waals surface area contributed by atoms with Crippen LogP contribution >= 0.6 is 0 Å². The van der Waals surface area contributed by atoms with Crippen LogP contribution in [0, 0.1) is 5.92 Å². The second kappa shape index (κ2) is 7.67. The van der Waals surface area contributed by atoms with E-state index in [-0.39, 0.29) is 6.42 Å². The Hall–Kier alpha value is -1.71. The fraction of sp³-hybridized carbons (Fsp3) is 0.533. The number of benzene rings is 1. The third-order valence-corrected chi connectivity index (χ3v) is 3.19. The van der Waals surface area contributed by atoms with Gasteiger partial charge in [0, 0.05) is 13.1 Å². The summed E-state index contributed by atoms with van der Waals surface area (Å²) in [6.07, 6.45) is 2.40. The SMILES string of the molecule is CCCC(C)CN(CCC(=O)O)c1ccccc1N. The molecule has 3 N–H and O–H groups in total. The highest BCUT2D eigenvalue weighted by Gasteiger charge is 2.14. The highest BCUT2D eigenvalue weighted by molar-refractivity contribution is 5.70. The maximum Gasteiger partial charge on any atom is 0.305 e. The lowest BCUT2D eigenvalue weighted by atomic mass is 10.0. The molecule has 0 fully saturated rings. The van der Waals surface area contributed by atoms with Crippen LogP contribution < -0.4 is 10.6 Å². The largest absolute Gasteiger partial charge is 0.481 e. The predicted octanol–water partition coefficient (Wildman–Crippen LogP) is 2.99. The van der Waals surface area contributed by atoms with Gasteiger partial charge in [-0.3, -0.25) is 4.79 Å². The second-order valence-electron chi connectivity index (χ2n) is 5.04. The summed E-state index contributed by atoms with van der Waals surface area (Å²) in [5.41, 5.74) is 7.63. The average Bonchev–Trinajstić information content (AvgIpc) is 2.35. The second-order valence-corrected chi connectivity index (χ2v) is 5.04. The molecule has 0 saturated carbocycles. The summed E-state index contributed by atoms with van der Waals surface area (Å²) < 4.78 is 0. The number of aliphatic carboxylic acids is 1. The van der Waals surface area contributed by atoms with Gasteiger partial charge in [-0.05, 0) is 24.5 Å². The van der Waals surface area contributed by atoms with Crippen LogP contribution in [0.1, 0.15) is 33.1 Å². The molecule has 106 valence electrons. The topological polar surface area (TPSA) is 66.6 Å². The Kier molecular flexibility index (Phi) is 6.19. The number of hydrogen-bond donors (Lipinski definition) is 2. The van der Waals surface area contributed by atoms with Crippen molar-refractivity contribution in [2.75, 3.05) is 23.7 Å². The Bertz CT molecular complexity index is 407. The molecule has 19 heavy (non-hydrogen) atoms. The summed E-state index contributed by atoms with van der Waals surface area (Å²) in [4.78, 5) is 12.9. The van der Waals surface area contributed by atoms with E-state index in [9.17, 15) is 4.79 Å². The number of anilines is 2. The molecule has 0 amide bonds. The van der Waals surface area contributed by atoms with Crippen molar-refractivity contribution >= 4 is 17.3 Å². The van der Waals surface area contributed by atoms with Crippen molar-refractivity contribution in [3.8, 4) is 0 Å². The molecule has 4 heteroatoms. The van der Waals surface area contributed by atoms with E-state index in [1.165, 1.54) is 0 Å². The van der Waals surface area contributed by atoms with Crippen molar-refractivity contribution in [2.45, 2.75) is 33.1 Å². The van der Waals surface area contributed by atoms with Crippen LogP contribution in [0.15, 0.2) is 24.3 Å². The van der Waals surface area contributed by atoms with Gasteiger partial charge in [-0.1, -0.05) is 32.4 Å². The molecular weight excluding hydrogens is 240 g/mol. The number of nitrogens with two attached hydrogens (primary N) is 1. The first-order valence-corrected chi connectivity index (χ1v) is 6.85. The summed E-state index contributed by atoms with van der Waals surface area (Å²) in [6.45, 7) is 5.69. The lowest BCUT2D eigenvalue weighted by molar-refractivity contribution is -0.136. The van der Waals surface area contributed by atoms with Crippen LogP contribution in [-0.2, 0) is 4.79 Å². The van der Waals surface area contributed by atoms with Gasteiger partial charge >= 0.3 is 5.97 Å². The Labute approximate surface area is 115 Å². The molecular formula is C15H24N2O2. The number of para-hydroxylation sites is 2. The van der Waals surface area contributed by atoms with Crippen LogP contribution in [0.3, 0.4) is 0 Å². The Morgan fingerprint density at radius 2 is 2.11 bits per heavy atom. The zero-order valence-electron chi connectivity index (χ0n) is 11.8. The van der Waals surface area contributed by atoms with Gasteiger partial charge in [0.05, 0.1) is 17.8 Å². The van der Waals surface area contributed by atoms with E-state index in [1.54, 1.807) is 0 Å². The number of carboxylic acids is 1. The van der Waals surface area contributed by atoms with Crippen molar-refractivity contribution in [2.24, 2.45) is 5.92 Å². The van der Waals surface area contributed by atoms with Gasteiger partial charge in [0.25, 0.3) is 0 Å². The van der Waals surface area contributed by atoms with Gasteiger partial charge in [0.1, 0.15) is 0 Å². The summed E-state index contributed by atoms with van der Waals surface area (Å²) >= 11 is 0. The molecule has 0 radical (unpaired) electrons. The Balaban J connectivity index is 2.79. The number of nitrogens with zero attached hydrogens (tertiary/aromatic N) is 1. The van der Waals surface area contributed by atoms with Gasteiger partial charge < -0.3 is 15.7 Å². The number of carboxylic acid groups (broad SMARTS) is 1. The van der Waals surface area contributed by atoms with Gasteiger partial charge in [0.2, 0.25) is 0 Å². The Morgan fingerprint density at radius 1 is 1.42 bits per heavy atom. The molecule has 0 aliphatic carbocycles. The molecule has 1 aromatic rings. The van der Waals surface area contributed by atoms with Crippen LogP contribution in [0.5, 0.6) is 0 Å². The minimum Gasteiger partial charge on any atom is -0.481 e. The maximum absolute atomic E-state index is 10.8. The first kappa shape index (κ1) is 15.3. The standard InChI is InChI=1S/C15H24N2O2/c1-3-6-12(2)11-17(10-9-15(18)19)14-8-5-4-7-13(14)16/h4-5,7-8,12H,3,6,9-11,16H2,1-2H3,(H,18,19). The third kappa shape index (κ3) is 5.20. The normalized spacial score (nSPS) is 12.1. The summed E-state index contributed by atoms with van der Waals surface area (Å²) in [7, 11) is 0. The molecule has 1 unspecified atom stereocenters. The average molecular weight is 264 g/mol. The molecule has 4 nitrogen and oxygen atoms in total. The van der Waals surface area contributed by atoms with E-state index in [2.05, 4.69) is 18.7 Å². The van der Waals surface area contributed by atoms with Crippen LogP contribution in [0.2, 0.25) is 0 Å². The molecule has 0 aromatic heterocycles. The van der Waals surface area contributed by atoms with E-state index in [1.807, 2.05) is 24.3 Å². The maximum atomic E-state index is 10.8. The van der Waals surface area contributed by atoms with Crippen molar-refractivity contribution in [1.29, 1.82) is 0 Å². The van der Waals surface area contributed by atoms with Gasteiger partial charge in [-0.25, -0.2) is 0 Å². The van der Waals surface area contributed by atoms with E-state index in [0.717, 1.165) is 25.1 Å². The van der Waals surface area contributed by atoms with Crippen LogP contribution in [0.4, 0.5) is 11.4 Å². The minimum absolute atomic E-state index is 0.132. The van der Waals surface area contributed by atoms with Crippen molar-refractivity contribution < 1.29 is 9.90 Å². The third-order valence-electron chi connectivity index (χ3n) is 3.19. The van der Waals surface area contributed by atoms with Gasteiger partial charge in [-0.2, -0.15) is 0 Å². The Morgan fingerprint density at radius 3 is 2.68 bits per heavy atom. The monoisotopic (exact) mass is 264 g/mol. The molecule has 0 spiro atoms. The zero-order valence-corrected chi connectivity index (χ0v) is 11.8. The molecule has 1 aromatic carbocycles. The fourth-order valence-electron chi connectivity index (χ4n) is 2.28. The van der Waals surface area contributed by atoms with Gasteiger partial charge in [-0.15, -0.1) is 0 Å². The van der Waals surface area contributed by atoms with Crippen molar-refractivity contribution in [3.05, 3.63) is 24.3 Å². The summed E-state index contributed by atoms with van der Waals surface area (Å²) in [6, 6.07) is 7.64. The first-order chi connectivity index (χ1) is 9.04. The number of nitrogen functional groups attached to an aromatic ring is 1. The zero-order chi connectivity index (χ0) is 14.3. The highest BCUT2D eigenvalue weighted by atomic mass is 16.4. The predicted molar refractivity (Wildman–Crippen MR) is 79.4 cm³/mol.